The summed E-state index contributed by atoms with van der Waals surface area (Å²) in [6, 6.07) is 7.87. The lowest BCUT2D eigenvalue weighted by Crippen LogP contribution is -2.57. The molecule has 4 rings (SSSR count). The van der Waals surface area contributed by atoms with Crippen molar-refractivity contribution in [3.63, 3.8) is 0 Å². The summed E-state index contributed by atoms with van der Waals surface area (Å²) in [6.45, 7) is 4.43. The molecule has 1 saturated carbocycles. The van der Waals surface area contributed by atoms with Gasteiger partial charge in [-0.25, -0.2) is 4.98 Å². The third-order valence-electron chi connectivity index (χ3n) is 6.16. The highest BCUT2D eigenvalue weighted by molar-refractivity contribution is 5.89. The van der Waals surface area contributed by atoms with Gasteiger partial charge in [-0.05, 0) is 44.4 Å². The molecule has 1 saturated heterocycles. The zero-order valence-electron chi connectivity index (χ0n) is 17.1. The highest BCUT2D eigenvalue weighted by atomic mass is 16.2. The van der Waals surface area contributed by atoms with Gasteiger partial charge in [0.2, 0.25) is 11.8 Å². The van der Waals surface area contributed by atoms with Gasteiger partial charge in [-0.15, -0.1) is 0 Å². The molecule has 7 nitrogen and oxygen atoms in total. The number of aromatic nitrogens is 2. The number of H-pyrrole nitrogens is 1. The van der Waals surface area contributed by atoms with Crippen molar-refractivity contribution in [1.82, 2.24) is 25.5 Å². The Hall–Kier alpha value is -2.41. The Morgan fingerprint density at radius 2 is 2.17 bits per heavy atom. The van der Waals surface area contributed by atoms with Crippen LogP contribution in [-0.4, -0.2) is 58.4 Å². The molecule has 2 heterocycles. The van der Waals surface area contributed by atoms with Gasteiger partial charge < -0.3 is 15.6 Å². The predicted molar refractivity (Wildman–Crippen MR) is 113 cm³/mol. The molecule has 29 heavy (non-hydrogen) atoms. The minimum absolute atomic E-state index is 0.0244. The second-order valence-corrected chi connectivity index (χ2v) is 8.31. The fraction of sp³-hybridized carbons (Fsp3) is 0.591. The van der Waals surface area contributed by atoms with E-state index in [0.29, 0.717) is 12.5 Å². The number of nitrogens with one attached hydrogen (secondary N) is 3. The first-order valence-electron chi connectivity index (χ1n) is 10.9. The summed E-state index contributed by atoms with van der Waals surface area (Å²) in [6.07, 6.45) is 5.24. The largest absolute Gasteiger partial charge is 0.353 e. The number of hydrogen-bond acceptors (Lipinski definition) is 4. The van der Waals surface area contributed by atoms with Crippen molar-refractivity contribution < 1.29 is 9.59 Å². The SMILES string of the molecule is CCCN1CCNC(=O)C1CC(=O)NC1CCCC(c2nc3ccccc3[nH]2)C1. The number of imidazole rings is 1. The van der Waals surface area contributed by atoms with E-state index in [4.69, 9.17) is 4.98 Å². The van der Waals surface area contributed by atoms with Crippen molar-refractivity contribution >= 4 is 22.8 Å². The lowest BCUT2D eigenvalue weighted by molar-refractivity contribution is -0.134. The molecular formula is C22H31N5O2. The Labute approximate surface area is 171 Å². The van der Waals surface area contributed by atoms with Crippen LogP contribution in [0.5, 0.6) is 0 Å². The molecule has 3 atom stereocenters. The third-order valence-corrected chi connectivity index (χ3v) is 6.16. The zero-order chi connectivity index (χ0) is 20.2. The molecule has 156 valence electrons. The Kier molecular flexibility index (Phi) is 6.13. The van der Waals surface area contributed by atoms with Crippen LogP contribution in [0.25, 0.3) is 11.0 Å². The van der Waals surface area contributed by atoms with Gasteiger partial charge in [0.05, 0.1) is 23.5 Å². The maximum Gasteiger partial charge on any atom is 0.237 e. The number of amides is 2. The number of carbonyl (C=O) groups excluding carboxylic acids is 2. The van der Waals surface area contributed by atoms with E-state index in [9.17, 15) is 9.59 Å². The zero-order valence-corrected chi connectivity index (χ0v) is 17.1. The van der Waals surface area contributed by atoms with Crippen molar-refractivity contribution in [3.05, 3.63) is 30.1 Å². The number of carbonyl (C=O) groups is 2. The lowest BCUT2D eigenvalue weighted by Gasteiger charge is -2.35. The first kappa shape index (κ1) is 19.9. The maximum atomic E-state index is 12.7. The number of para-hydroxylation sites is 2. The van der Waals surface area contributed by atoms with Crippen LogP contribution in [0.4, 0.5) is 0 Å². The second-order valence-electron chi connectivity index (χ2n) is 8.31. The van der Waals surface area contributed by atoms with Crippen LogP contribution in [-0.2, 0) is 9.59 Å². The third kappa shape index (κ3) is 4.61. The molecule has 2 amide bonds. The quantitative estimate of drug-likeness (QED) is 0.698. The highest BCUT2D eigenvalue weighted by Gasteiger charge is 2.32. The molecule has 1 aliphatic heterocycles. The minimum Gasteiger partial charge on any atom is -0.353 e. The predicted octanol–water partition coefficient (Wildman–Crippen LogP) is 2.31. The van der Waals surface area contributed by atoms with Gasteiger partial charge in [0.1, 0.15) is 5.82 Å². The van der Waals surface area contributed by atoms with E-state index < -0.39 is 0 Å². The average molecular weight is 398 g/mol. The van der Waals surface area contributed by atoms with Gasteiger partial charge in [0.15, 0.2) is 0 Å². The molecular weight excluding hydrogens is 366 g/mol. The monoisotopic (exact) mass is 397 g/mol. The smallest absolute Gasteiger partial charge is 0.237 e. The van der Waals surface area contributed by atoms with E-state index in [1.54, 1.807) is 0 Å². The molecule has 1 aromatic carbocycles. The summed E-state index contributed by atoms with van der Waals surface area (Å²) in [5, 5.41) is 6.09. The number of benzene rings is 1. The number of rotatable bonds is 6. The van der Waals surface area contributed by atoms with Crippen LogP contribution in [0, 0.1) is 0 Å². The Balaban J connectivity index is 1.36. The van der Waals surface area contributed by atoms with Gasteiger partial charge in [0.25, 0.3) is 0 Å². The fourth-order valence-electron chi connectivity index (χ4n) is 4.74. The molecule has 0 spiro atoms. The van der Waals surface area contributed by atoms with Crippen molar-refractivity contribution in [1.29, 1.82) is 0 Å². The molecule has 2 aliphatic rings. The van der Waals surface area contributed by atoms with E-state index in [1.165, 1.54) is 0 Å². The summed E-state index contributed by atoms with van der Waals surface area (Å²) >= 11 is 0. The number of fused-ring (bicyclic) bond motifs is 1. The van der Waals surface area contributed by atoms with Gasteiger partial charge in [0, 0.05) is 25.0 Å². The van der Waals surface area contributed by atoms with Crippen LogP contribution in [0.2, 0.25) is 0 Å². The summed E-state index contributed by atoms with van der Waals surface area (Å²) < 4.78 is 0. The summed E-state index contributed by atoms with van der Waals surface area (Å²) in [5.74, 6) is 1.30. The van der Waals surface area contributed by atoms with Crippen LogP contribution < -0.4 is 10.6 Å². The number of aromatic amines is 1. The second kappa shape index (κ2) is 8.95. The van der Waals surface area contributed by atoms with Gasteiger partial charge in [-0.3, -0.25) is 14.5 Å². The van der Waals surface area contributed by atoms with E-state index in [-0.39, 0.29) is 30.3 Å². The van der Waals surface area contributed by atoms with Crippen molar-refractivity contribution in [2.24, 2.45) is 0 Å². The normalized spacial score (nSPS) is 25.7. The minimum atomic E-state index is -0.349. The van der Waals surface area contributed by atoms with Crippen LogP contribution >= 0.6 is 0 Å². The first-order chi connectivity index (χ1) is 14.1. The van der Waals surface area contributed by atoms with Gasteiger partial charge >= 0.3 is 0 Å². The Morgan fingerprint density at radius 1 is 1.31 bits per heavy atom. The van der Waals surface area contributed by atoms with Crippen molar-refractivity contribution in [2.75, 3.05) is 19.6 Å². The number of hydrogen-bond donors (Lipinski definition) is 3. The number of nitrogens with zero attached hydrogens (tertiary/aromatic N) is 2. The molecule has 7 heteroatoms. The maximum absolute atomic E-state index is 12.7. The fourth-order valence-corrected chi connectivity index (χ4v) is 4.74. The molecule has 1 aliphatic carbocycles. The van der Waals surface area contributed by atoms with Gasteiger partial charge in [-0.2, -0.15) is 0 Å². The molecule has 3 N–H and O–H groups in total. The molecule has 0 bridgehead atoms. The topological polar surface area (TPSA) is 90.1 Å². The van der Waals surface area contributed by atoms with E-state index >= 15 is 0 Å². The van der Waals surface area contributed by atoms with Crippen LogP contribution in [0.15, 0.2) is 24.3 Å². The summed E-state index contributed by atoms with van der Waals surface area (Å²) in [7, 11) is 0. The molecule has 1 aromatic heterocycles. The summed E-state index contributed by atoms with van der Waals surface area (Å²) in [4.78, 5) is 35.3. The molecule has 2 fully saturated rings. The standard InChI is InChI=1S/C22H31N5O2/c1-2-11-27-12-10-23-22(29)19(27)14-20(28)24-16-7-5-6-15(13-16)21-25-17-8-3-4-9-18(17)26-21/h3-4,8-9,15-16,19H,2,5-7,10-14H2,1H3,(H,23,29)(H,24,28)(H,25,26). The van der Waals surface area contributed by atoms with E-state index in [1.807, 2.05) is 24.3 Å². The molecule has 0 radical (unpaired) electrons. The number of piperazine rings is 1. The first-order valence-corrected chi connectivity index (χ1v) is 10.9. The van der Waals surface area contributed by atoms with Crippen LogP contribution in [0.3, 0.4) is 0 Å². The van der Waals surface area contributed by atoms with E-state index in [0.717, 1.165) is 62.1 Å². The average Bonchev–Trinajstić information content (AvgIpc) is 3.15. The highest BCUT2D eigenvalue weighted by Crippen LogP contribution is 2.32. The van der Waals surface area contributed by atoms with Crippen LogP contribution in [0.1, 0.15) is 57.2 Å². The van der Waals surface area contributed by atoms with Crippen molar-refractivity contribution in [2.45, 2.75) is 63.5 Å². The van der Waals surface area contributed by atoms with Crippen molar-refractivity contribution in [3.8, 4) is 0 Å². The Bertz CT molecular complexity index is 829. The van der Waals surface area contributed by atoms with E-state index in [2.05, 4.69) is 27.4 Å². The Morgan fingerprint density at radius 3 is 3.00 bits per heavy atom. The molecule has 2 aromatic rings. The molecule has 3 unspecified atom stereocenters. The lowest BCUT2D eigenvalue weighted by atomic mass is 9.85. The summed E-state index contributed by atoms with van der Waals surface area (Å²) in [5.41, 5.74) is 2.06. The van der Waals surface area contributed by atoms with Gasteiger partial charge in [-0.1, -0.05) is 25.5 Å².